The average molecular weight is 169 g/mol. The second kappa shape index (κ2) is 8.68. The van der Waals surface area contributed by atoms with Gasteiger partial charge in [-0.05, 0) is 0 Å². The second-order valence-electron chi connectivity index (χ2n) is 1.55. The van der Waals surface area contributed by atoms with Gasteiger partial charge in [-0.1, -0.05) is 0 Å². The third-order valence-corrected chi connectivity index (χ3v) is 0.814. The van der Waals surface area contributed by atoms with Gasteiger partial charge in [0.25, 0.3) is 0 Å². The highest BCUT2D eigenvalue weighted by Gasteiger charge is 1.92. The van der Waals surface area contributed by atoms with E-state index in [1.165, 1.54) is 0 Å². The largest absolute Gasteiger partial charge is 0.383 e. The molecule has 0 aliphatic heterocycles. The van der Waals surface area contributed by atoms with Crippen LogP contribution in [0.4, 0.5) is 0 Å². The highest BCUT2D eigenvalue weighted by atomic mass is 35.5. The van der Waals surface area contributed by atoms with Crippen LogP contribution >= 0.6 is 12.4 Å². The average Bonchev–Trinajstić information content (AvgIpc) is 1.89. The Labute approximate surface area is 66.5 Å². The lowest BCUT2D eigenvalue weighted by Crippen LogP contribution is -2.32. The first kappa shape index (κ1) is 12.4. The molecular weight excluding hydrogens is 156 g/mol. The standard InChI is InChI=1S/C5H12N2O2.ClH/c1-9-3-2-7-5(8)4-6;/h2-4,6H2,1H3,(H,7,8);1H. The van der Waals surface area contributed by atoms with Gasteiger partial charge in [-0.25, -0.2) is 0 Å². The molecule has 62 valence electrons. The van der Waals surface area contributed by atoms with Gasteiger partial charge >= 0.3 is 0 Å². The summed E-state index contributed by atoms with van der Waals surface area (Å²) in [4.78, 5) is 10.4. The van der Waals surface area contributed by atoms with Crippen LogP contribution in [-0.2, 0) is 9.53 Å². The van der Waals surface area contributed by atoms with Crippen LogP contribution in [0.3, 0.4) is 0 Å². The molecule has 0 spiro atoms. The lowest BCUT2D eigenvalue weighted by Gasteiger charge is -1.99. The minimum absolute atomic E-state index is 0. The van der Waals surface area contributed by atoms with Crippen molar-refractivity contribution in [2.75, 3.05) is 26.8 Å². The third-order valence-electron chi connectivity index (χ3n) is 0.814. The lowest BCUT2D eigenvalue weighted by atomic mass is 10.6. The minimum Gasteiger partial charge on any atom is -0.383 e. The molecule has 0 fully saturated rings. The summed E-state index contributed by atoms with van der Waals surface area (Å²) in [6.45, 7) is 1.11. The van der Waals surface area contributed by atoms with Crippen molar-refractivity contribution in [3.8, 4) is 0 Å². The van der Waals surface area contributed by atoms with Gasteiger partial charge in [-0.3, -0.25) is 4.79 Å². The molecule has 0 rings (SSSR count). The fourth-order valence-corrected chi connectivity index (χ4v) is 0.365. The Bertz CT molecular complexity index is 89.7. The summed E-state index contributed by atoms with van der Waals surface area (Å²) < 4.78 is 4.68. The number of carbonyl (C=O) groups excluding carboxylic acids is 1. The molecule has 0 aromatic heterocycles. The van der Waals surface area contributed by atoms with Gasteiger partial charge in [-0.15, -0.1) is 12.4 Å². The molecule has 0 saturated heterocycles. The van der Waals surface area contributed by atoms with Crippen molar-refractivity contribution in [2.45, 2.75) is 0 Å². The van der Waals surface area contributed by atoms with Crippen LogP contribution in [0.15, 0.2) is 0 Å². The molecule has 0 bridgehead atoms. The van der Waals surface area contributed by atoms with Crippen LogP contribution in [0.2, 0.25) is 0 Å². The number of methoxy groups -OCH3 is 1. The molecule has 0 heterocycles. The van der Waals surface area contributed by atoms with Crippen LogP contribution in [0.25, 0.3) is 0 Å². The van der Waals surface area contributed by atoms with Crippen LogP contribution < -0.4 is 11.1 Å². The molecule has 0 aromatic carbocycles. The maximum absolute atomic E-state index is 10.4. The molecule has 1 amide bonds. The van der Waals surface area contributed by atoms with Crippen molar-refractivity contribution in [1.82, 2.24) is 5.32 Å². The fraction of sp³-hybridized carbons (Fsp3) is 0.800. The molecule has 4 nitrogen and oxygen atoms in total. The van der Waals surface area contributed by atoms with E-state index in [4.69, 9.17) is 5.73 Å². The molecule has 0 atom stereocenters. The highest BCUT2D eigenvalue weighted by molar-refractivity contribution is 5.85. The molecule has 3 N–H and O–H groups in total. The van der Waals surface area contributed by atoms with Gasteiger partial charge in [0, 0.05) is 13.7 Å². The van der Waals surface area contributed by atoms with Crippen molar-refractivity contribution >= 4 is 18.3 Å². The molecule has 5 heteroatoms. The second-order valence-corrected chi connectivity index (χ2v) is 1.55. The van der Waals surface area contributed by atoms with Crippen molar-refractivity contribution < 1.29 is 9.53 Å². The summed E-state index contributed by atoms with van der Waals surface area (Å²) in [5.74, 6) is -0.146. The van der Waals surface area contributed by atoms with E-state index in [0.717, 1.165) is 0 Å². The zero-order chi connectivity index (χ0) is 7.11. The molecular formula is C5H13ClN2O2. The van der Waals surface area contributed by atoms with E-state index in [1.807, 2.05) is 0 Å². The summed E-state index contributed by atoms with van der Waals surface area (Å²) in [5.41, 5.74) is 5.00. The number of hydrogen-bond donors (Lipinski definition) is 2. The molecule has 0 radical (unpaired) electrons. The topological polar surface area (TPSA) is 64.3 Å². The smallest absolute Gasteiger partial charge is 0.233 e. The number of ether oxygens (including phenoxy) is 1. The van der Waals surface area contributed by atoms with Gasteiger partial charge in [0.05, 0.1) is 13.2 Å². The molecule has 0 saturated carbocycles. The van der Waals surface area contributed by atoms with Crippen molar-refractivity contribution in [1.29, 1.82) is 0 Å². The van der Waals surface area contributed by atoms with E-state index in [0.29, 0.717) is 13.2 Å². The number of hydrogen-bond acceptors (Lipinski definition) is 3. The fourth-order valence-electron chi connectivity index (χ4n) is 0.365. The highest BCUT2D eigenvalue weighted by Crippen LogP contribution is 1.63. The lowest BCUT2D eigenvalue weighted by molar-refractivity contribution is -0.119. The monoisotopic (exact) mass is 168 g/mol. The van der Waals surface area contributed by atoms with Crippen molar-refractivity contribution in [3.05, 3.63) is 0 Å². The summed E-state index contributed by atoms with van der Waals surface area (Å²) in [7, 11) is 1.58. The number of rotatable bonds is 4. The summed E-state index contributed by atoms with van der Waals surface area (Å²) >= 11 is 0. The van der Waals surface area contributed by atoms with Gasteiger partial charge < -0.3 is 15.8 Å². The van der Waals surface area contributed by atoms with E-state index in [-0.39, 0.29) is 24.9 Å². The zero-order valence-electron chi connectivity index (χ0n) is 5.92. The van der Waals surface area contributed by atoms with Gasteiger partial charge in [0.15, 0.2) is 0 Å². The van der Waals surface area contributed by atoms with Gasteiger partial charge in [0.2, 0.25) is 5.91 Å². The van der Waals surface area contributed by atoms with E-state index < -0.39 is 0 Å². The molecule has 0 aliphatic rings. The Morgan fingerprint density at radius 3 is 2.70 bits per heavy atom. The normalized spacial score (nSPS) is 8.20. The predicted molar refractivity (Wildman–Crippen MR) is 41.2 cm³/mol. The Balaban J connectivity index is 0. The predicted octanol–water partition coefficient (Wildman–Crippen LogP) is -0.871. The Morgan fingerprint density at radius 1 is 1.70 bits per heavy atom. The number of halogens is 1. The summed E-state index contributed by atoms with van der Waals surface area (Å²) in [6.07, 6.45) is 0. The van der Waals surface area contributed by atoms with Crippen LogP contribution in [0.1, 0.15) is 0 Å². The maximum atomic E-state index is 10.4. The Hall–Kier alpha value is -0.320. The number of nitrogens with one attached hydrogen (secondary N) is 1. The molecule has 0 aromatic rings. The summed E-state index contributed by atoms with van der Waals surface area (Å²) in [6, 6.07) is 0. The van der Waals surface area contributed by atoms with Crippen molar-refractivity contribution in [3.63, 3.8) is 0 Å². The van der Waals surface area contributed by atoms with Crippen molar-refractivity contribution in [2.24, 2.45) is 5.73 Å². The van der Waals surface area contributed by atoms with E-state index in [1.54, 1.807) is 7.11 Å². The first-order valence-electron chi connectivity index (χ1n) is 2.77. The third kappa shape index (κ3) is 7.68. The van der Waals surface area contributed by atoms with Crippen LogP contribution in [0, 0.1) is 0 Å². The number of carbonyl (C=O) groups is 1. The Kier molecular flexibility index (Phi) is 10.7. The minimum atomic E-state index is -0.146. The van der Waals surface area contributed by atoms with E-state index in [9.17, 15) is 4.79 Å². The first-order chi connectivity index (χ1) is 4.31. The number of amides is 1. The molecule has 0 unspecified atom stereocenters. The van der Waals surface area contributed by atoms with Crippen LogP contribution in [-0.4, -0.2) is 32.7 Å². The number of nitrogens with two attached hydrogens (primary N) is 1. The zero-order valence-corrected chi connectivity index (χ0v) is 6.74. The van der Waals surface area contributed by atoms with Gasteiger partial charge in [0.1, 0.15) is 0 Å². The van der Waals surface area contributed by atoms with E-state index >= 15 is 0 Å². The SMILES string of the molecule is COCCNC(=O)CN.Cl. The van der Waals surface area contributed by atoms with Gasteiger partial charge in [-0.2, -0.15) is 0 Å². The molecule has 10 heavy (non-hydrogen) atoms. The van der Waals surface area contributed by atoms with E-state index in [2.05, 4.69) is 10.1 Å². The maximum Gasteiger partial charge on any atom is 0.233 e. The van der Waals surface area contributed by atoms with Crippen LogP contribution in [0.5, 0.6) is 0 Å². The quantitative estimate of drug-likeness (QED) is 0.537. The molecule has 0 aliphatic carbocycles. The first-order valence-corrected chi connectivity index (χ1v) is 2.77. The Morgan fingerprint density at radius 2 is 2.30 bits per heavy atom. The summed E-state index contributed by atoms with van der Waals surface area (Å²) in [5, 5.41) is 2.54.